The highest BCUT2D eigenvalue weighted by atomic mass is 35.5. The summed E-state index contributed by atoms with van der Waals surface area (Å²) < 4.78 is 1.71. The third-order valence-corrected chi connectivity index (χ3v) is 6.19. The second kappa shape index (κ2) is 7.27. The van der Waals surface area contributed by atoms with Crippen molar-refractivity contribution >= 4 is 45.2 Å². The van der Waals surface area contributed by atoms with Gasteiger partial charge >= 0.3 is 0 Å². The first-order chi connectivity index (χ1) is 14.6. The number of para-hydroxylation sites is 2. The molecule has 5 rings (SSSR count). The molecule has 5 nitrogen and oxygen atoms in total. The number of hydrogen-bond donors (Lipinski definition) is 1. The van der Waals surface area contributed by atoms with Crippen molar-refractivity contribution in [1.82, 2.24) is 15.0 Å². The van der Waals surface area contributed by atoms with E-state index < -0.39 is 5.38 Å². The van der Waals surface area contributed by atoms with Crippen molar-refractivity contribution in [3.8, 4) is 0 Å². The lowest BCUT2D eigenvalue weighted by Crippen LogP contribution is -2.63. The number of amides is 1. The molecule has 6 heteroatoms. The largest absolute Gasteiger partial charge is 0.279 e. The minimum absolute atomic E-state index is 0.0135. The number of aryl methyl sites for hydroxylation is 1. The highest BCUT2D eigenvalue weighted by Crippen LogP contribution is 2.38. The maximum Gasteiger partial charge on any atom is 0.257 e. The second-order valence-electron chi connectivity index (χ2n) is 7.51. The smallest absolute Gasteiger partial charge is 0.257 e. The van der Waals surface area contributed by atoms with Crippen molar-refractivity contribution in [3.05, 3.63) is 83.9 Å². The molecule has 2 heterocycles. The molecule has 1 saturated heterocycles. The summed E-state index contributed by atoms with van der Waals surface area (Å²) in [6.07, 6.45) is 0. The number of hydrogen-bond acceptors (Lipinski definition) is 3. The lowest BCUT2D eigenvalue weighted by atomic mass is 9.92. The van der Waals surface area contributed by atoms with Crippen LogP contribution in [0.1, 0.15) is 22.0 Å². The summed E-state index contributed by atoms with van der Waals surface area (Å²) in [5.41, 5.74) is 6.76. The molecular formula is C24H20ClN3O2. The zero-order valence-corrected chi connectivity index (χ0v) is 17.1. The average molecular weight is 418 g/mol. The standard InChI is InChI=1S/C24H20ClN3O2/c1-15-8-2-3-9-16(15)23-22(25)24(30)28(23)26-14-21(29)27-19-12-6-4-10-17(19)18-11-5-7-13-20(18)27/h2-13,22-23,26H,14H2,1H3. The number of β-lactam (4-membered cyclic amide) rings is 1. The highest BCUT2D eigenvalue weighted by molar-refractivity contribution is 6.33. The van der Waals surface area contributed by atoms with Gasteiger partial charge in [-0.1, -0.05) is 60.7 Å². The monoisotopic (exact) mass is 417 g/mol. The molecule has 0 bridgehead atoms. The number of halogens is 1. The Morgan fingerprint density at radius 3 is 2.13 bits per heavy atom. The summed E-state index contributed by atoms with van der Waals surface area (Å²) in [5, 5.41) is 2.90. The van der Waals surface area contributed by atoms with Gasteiger partial charge in [0.2, 0.25) is 5.91 Å². The van der Waals surface area contributed by atoms with Crippen LogP contribution in [0.15, 0.2) is 72.8 Å². The normalized spacial score (nSPS) is 18.7. The van der Waals surface area contributed by atoms with Crippen molar-refractivity contribution in [3.63, 3.8) is 0 Å². The molecular weight excluding hydrogens is 398 g/mol. The number of carbonyl (C=O) groups excluding carboxylic acids is 2. The summed E-state index contributed by atoms with van der Waals surface area (Å²) in [7, 11) is 0. The summed E-state index contributed by atoms with van der Waals surface area (Å²) in [6.45, 7) is 1.98. The number of nitrogens with one attached hydrogen (secondary N) is 1. The number of aromatic nitrogens is 1. The van der Waals surface area contributed by atoms with Crippen molar-refractivity contribution in [2.75, 3.05) is 6.54 Å². The fourth-order valence-corrected chi connectivity index (χ4v) is 4.62. The molecule has 3 aromatic carbocycles. The van der Waals surface area contributed by atoms with Gasteiger partial charge in [0.05, 0.1) is 23.6 Å². The topological polar surface area (TPSA) is 54.3 Å². The summed E-state index contributed by atoms with van der Waals surface area (Å²) in [4.78, 5) is 25.6. The molecule has 0 radical (unpaired) electrons. The summed E-state index contributed by atoms with van der Waals surface area (Å²) in [6, 6.07) is 23.2. The molecule has 1 fully saturated rings. The molecule has 2 unspecified atom stereocenters. The van der Waals surface area contributed by atoms with Gasteiger partial charge in [0.1, 0.15) is 5.38 Å². The number of hydrazine groups is 1. The number of benzene rings is 3. The van der Waals surface area contributed by atoms with Gasteiger partial charge in [-0.3, -0.25) is 19.2 Å². The van der Waals surface area contributed by atoms with Crippen LogP contribution < -0.4 is 5.43 Å². The fourth-order valence-electron chi connectivity index (χ4n) is 4.27. The van der Waals surface area contributed by atoms with E-state index in [2.05, 4.69) is 5.43 Å². The average Bonchev–Trinajstić information content (AvgIpc) is 3.11. The molecule has 1 aliphatic rings. The zero-order chi connectivity index (χ0) is 20.8. The van der Waals surface area contributed by atoms with Crippen LogP contribution >= 0.6 is 11.6 Å². The van der Waals surface area contributed by atoms with Crippen LogP contribution in [0.4, 0.5) is 0 Å². The van der Waals surface area contributed by atoms with E-state index in [4.69, 9.17) is 11.6 Å². The molecule has 4 aromatic rings. The molecule has 1 amide bonds. The maximum absolute atomic E-state index is 13.2. The number of fused-ring (bicyclic) bond motifs is 3. The Bertz CT molecular complexity index is 1240. The van der Waals surface area contributed by atoms with E-state index in [0.29, 0.717) is 0 Å². The van der Waals surface area contributed by atoms with Crippen LogP contribution in [0.2, 0.25) is 0 Å². The lowest BCUT2D eigenvalue weighted by molar-refractivity contribution is -0.150. The quantitative estimate of drug-likeness (QED) is 0.394. The Morgan fingerprint density at radius 2 is 1.50 bits per heavy atom. The molecule has 0 spiro atoms. The van der Waals surface area contributed by atoms with E-state index >= 15 is 0 Å². The van der Waals surface area contributed by atoms with Crippen molar-refractivity contribution in [2.24, 2.45) is 0 Å². The summed E-state index contributed by atoms with van der Waals surface area (Å²) >= 11 is 6.32. The van der Waals surface area contributed by atoms with E-state index in [9.17, 15) is 9.59 Å². The van der Waals surface area contributed by atoms with E-state index in [0.717, 1.165) is 32.9 Å². The Labute approximate surface area is 178 Å². The predicted molar refractivity (Wildman–Crippen MR) is 118 cm³/mol. The van der Waals surface area contributed by atoms with Crippen LogP contribution in [0.5, 0.6) is 0 Å². The van der Waals surface area contributed by atoms with E-state index in [1.54, 1.807) is 4.57 Å². The molecule has 1 N–H and O–H groups in total. The third kappa shape index (κ3) is 2.82. The van der Waals surface area contributed by atoms with Crippen molar-refractivity contribution < 1.29 is 9.59 Å². The lowest BCUT2D eigenvalue weighted by Gasteiger charge is -2.44. The van der Waals surface area contributed by atoms with Gasteiger partial charge in [0.25, 0.3) is 5.91 Å². The predicted octanol–water partition coefficient (Wildman–Crippen LogP) is 4.44. The molecule has 30 heavy (non-hydrogen) atoms. The Kier molecular flexibility index (Phi) is 4.57. The molecule has 0 aliphatic carbocycles. The van der Waals surface area contributed by atoms with Crippen LogP contribution in [0, 0.1) is 6.92 Å². The summed E-state index contributed by atoms with van der Waals surface area (Å²) in [5.74, 6) is -0.360. The van der Waals surface area contributed by atoms with Crippen LogP contribution in [0.25, 0.3) is 21.8 Å². The van der Waals surface area contributed by atoms with Gasteiger partial charge in [0.15, 0.2) is 0 Å². The van der Waals surface area contributed by atoms with Crippen molar-refractivity contribution in [2.45, 2.75) is 18.3 Å². The minimum atomic E-state index is -0.637. The molecule has 150 valence electrons. The van der Waals surface area contributed by atoms with E-state index in [1.165, 1.54) is 5.01 Å². The van der Waals surface area contributed by atoms with Gasteiger partial charge in [-0.05, 0) is 30.2 Å². The van der Waals surface area contributed by atoms with Gasteiger partial charge in [-0.2, -0.15) is 0 Å². The third-order valence-electron chi connectivity index (χ3n) is 5.77. The first-order valence-corrected chi connectivity index (χ1v) is 10.3. The van der Waals surface area contributed by atoms with Gasteiger partial charge in [0, 0.05) is 10.8 Å². The van der Waals surface area contributed by atoms with Crippen LogP contribution in [-0.2, 0) is 4.79 Å². The molecule has 1 aliphatic heterocycles. The van der Waals surface area contributed by atoms with Gasteiger partial charge in [-0.15, -0.1) is 11.6 Å². The highest BCUT2D eigenvalue weighted by Gasteiger charge is 2.48. The first kappa shape index (κ1) is 18.9. The first-order valence-electron chi connectivity index (χ1n) is 9.85. The van der Waals surface area contributed by atoms with Gasteiger partial charge < -0.3 is 0 Å². The maximum atomic E-state index is 13.2. The van der Waals surface area contributed by atoms with E-state index in [-0.39, 0.29) is 24.4 Å². The molecule has 2 atom stereocenters. The van der Waals surface area contributed by atoms with Crippen molar-refractivity contribution in [1.29, 1.82) is 0 Å². The number of rotatable bonds is 4. The molecule has 0 saturated carbocycles. The van der Waals surface area contributed by atoms with Crippen LogP contribution in [-0.4, -0.2) is 33.3 Å². The minimum Gasteiger partial charge on any atom is -0.279 e. The fraction of sp³-hybridized carbons (Fsp3) is 0.167. The Morgan fingerprint density at radius 1 is 0.933 bits per heavy atom. The Hall–Kier alpha value is -3.15. The SMILES string of the molecule is Cc1ccccc1C1C(Cl)C(=O)N1NCC(=O)n1c2ccccc2c2ccccc21. The van der Waals surface area contributed by atoms with Gasteiger partial charge in [-0.25, -0.2) is 5.43 Å². The number of carbonyl (C=O) groups is 2. The van der Waals surface area contributed by atoms with E-state index in [1.807, 2.05) is 79.7 Å². The zero-order valence-electron chi connectivity index (χ0n) is 16.4. The second-order valence-corrected chi connectivity index (χ2v) is 7.98. The molecule has 1 aromatic heterocycles. The van der Waals surface area contributed by atoms with Crippen LogP contribution in [0.3, 0.4) is 0 Å². The number of alkyl halides is 1. The number of nitrogens with zero attached hydrogens (tertiary/aromatic N) is 2. The Balaban J connectivity index is 1.44.